The average molecular weight is 389 g/mol. The molecule has 1 aliphatic carbocycles. The van der Waals surface area contributed by atoms with Crippen molar-refractivity contribution in [3.63, 3.8) is 0 Å². The lowest BCUT2D eigenvalue weighted by atomic mass is 9.93. The topological polar surface area (TPSA) is 34.5 Å². The van der Waals surface area contributed by atoms with Gasteiger partial charge in [0, 0.05) is 22.2 Å². The summed E-state index contributed by atoms with van der Waals surface area (Å²) in [7, 11) is 1.68. The highest BCUT2D eigenvalue weighted by atomic mass is 35.5. The number of nitrogens with zero attached hydrogens (tertiary/aromatic N) is 2. The van der Waals surface area contributed by atoms with Crippen LogP contribution in [0.25, 0.3) is 11.3 Å². The third-order valence-electron chi connectivity index (χ3n) is 4.18. The van der Waals surface area contributed by atoms with Crippen molar-refractivity contribution in [3.8, 4) is 17.0 Å². The van der Waals surface area contributed by atoms with E-state index in [1.54, 1.807) is 36.8 Å². The molecule has 25 heavy (non-hydrogen) atoms. The van der Waals surface area contributed by atoms with E-state index in [0.717, 1.165) is 29.8 Å². The molecule has 1 heterocycles. The maximum absolute atomic E-state index is 6.19. The lowest BCUT2D eigenvalue weighted by Gasteiger charge is -2.15. The fraction of sp³-hybridized carbons (Fsp3) is 0.158. The second-order valence-corrected chi connectivity index (χ2v) is 7.56. The van der Waals surface area contributed by atoms with Gasteiger partial charge in [0.25, 0.3) is 0 Å². The zero-order valence-corrected chi connectivity index (χ0v) is 15.8. The molecule has 0 saturated heterocycles. The second-order valence-electron chi connectivity index (χ2n) is 5.68. The summed E-state index contributed by atoms with van der Waals surface area (Å²) in [5, 5.41) is 1.86. The molecule has 4 rings (SSSR count). The van der Waals surface area contributed by atoms with Gasteiger partial charge in [-0.15, -0.1) is 0 Å². The number of rotatable bonds is 3. The van der Waals surface area contributed by atoms with Crippen LogP contribution in [0.4, 0.5) is 5.13 Å². The van der Waals surface area contributed by atoms with Gasteiger partial charge >= 0.3 is 0 Å². The molecule has 0 unspecified atom stereocenters. The summed E-state index contributed by atoms with van der Waals surface area (Å²) < 4.78 is 5.35. The first-order valence-electron chi connectivity index (χ1n) is 7.81. The summed E-state index contributed by atoms with van der Waals surface area (Å²) in [6.07, 6.45) is 3.67. The SMILES string of the molecule is COc1ccc2c(c1)-c1nc(N=Cc3c(Cl)cccc3Cl)sc1CC2. The van der Waals surface area contributed by atoms with Gasteiger partial charge in [0.15, 0.2) is 0 Å². The van der Waals surface area contributed by atoms with Gasteiger partial charge in [-0.25, -0.2) is 9.98 Å². The Morgan fingerprint density at radius 3 is 2.72 bits per heavy atom. The highest BCUT2D eigenvalue weighted by Crippen LogP contribution is 2.40. The van der Waals surface area contributed by atoms with Crippen LogP contribution in [-0.2, 0) is 12.8 Å². The Morgan fingerprint density at radius 2 is 1.96 bits per heavy atom. The van der Waals surface area contributed by atoms with Crippen molar-refractivity contribution in [2.75, 3.05) is 7.11 Å². The van der Waals surface area contributed by atoms with Crippen LogP contribution in [0.2, 0.25) is 10.0 Å². The van der Waals surface area contributed by atoms with Gasteiger partial charge in [-0.1, -0.05) is 46.7 Å². The Labute approximate surface area is 159 Å². The Bertz CT molecular complexity index is 961. The molecule has 0 bridgehead atoms. The van der Waals surface area contributed by atoms with Crippen molar-refractivity contribution in [2.24, 2.45) is 4.99 Å². The number of fused-ring (bicyclic) bond motifs is 3. The molecule has 0 amide bonds. The second kappa shape index (κ2) is 6.79. The van der Waals surface area contributed by atoms with Crippen molar-refractivity contribution >= 4 is 45.9 Å². The molecule has 1 aliphatic rings. The number of aryl methyl sites for hydroxylation is 2. The van der Waals surface area contributed by atoms with Gasteiger partial charge in [-0.2, -0.15) is 0 Å². The van der Waals surface area contributed by atoms with Crippen LogP contribution in [0.1, 0.15) is 16.0 Å². The summed E-state index contributed by atoms with van der Waals surface area (Å²) in [5.41, 5.74) is 4.14. The van der Waals surface area contributed by atoms with Crippen LogP contribution in [0.3, 0.4) is 0 Å². The number of hydrogen-bond donors (Lipinski definition) is 0. The number of thiazole rings is 1. The summed E-state index contributed by atoms with van der Waals surface area (Å²) in [5.74, 6) is 0.840. The Balaban J connectivity index is 1.71. The molecular weight excluding hydrogens is 375 g/mol. The molecule has 3 aromatic rings. The average Bonchev–Trinajstić information content (AvgIpc) is 3.04. The fourth-order valence-corrected chi connectivity index (χ4v) is 4.31. The molecule has 1 aromatic heterocycles. The summed E-state index contributed by atoms with van der Waals surface area (Å²) in [6, 6.07) is 11.6. The molecule has 0 saturated carbocycles. The minimum Gasteiger partial charge on any atom is -0.497 e. The van der Waals surface area contributed by atoms with Gasteiger partial charge in [0.1, 0.15) is 5.75 Å². The Hall–Kier alpha value is -1.88. The van der Waals surface area contributed by atoms with E-state index >= 15 is 0 Å². The van der Waals surface area contributed by atoms with E-state index in [2.05, 4.69) is 11.1 Å². The van der Waals surface area contributed by atoms with Crippen molar-refractivity contribution in [3.05, 3.63) is 62.4 Å². The molecule has 0 fully saturated rings. The zero-order chi connectivity index (χ0) is 17.4. The van der Waals surface area contributed by atoms with Gasteiger partial charge in [0.2, 0.25) is 5.13 Å². The molecule has 0 aliphatic heterocycles. The smallest absolute Gasteiger partial charge is 0.209 e. The standard InChI is InChI=1S/C19H14Cl2N2OS/c1-24-12-7-5-11-6-8-17-18(13(11)9-12)23-19(25-17)22-10-14-15(20)3-2-4-16(14)21/h2-5,7,9-10H,6,8H2,1H3. The lowest BCUT2D eigenvalue weighted by Crippen LogP contribution is -2.02. The third-order valence-corrected chi connectivity index (χ3v) is 5.87. The Morgan fingerprint density at radius 1 is 1.16 bits per heavy atom. The van der Waals surface area contributed by atoms with E-state index in [9.17, 15) is 0 Å². The molecule has 2 aromatic carbocycles. The highest BCUT2D eigenvalue weighted by molar-refractivity contribution is 7.15. The molecule has 0 spiro atoms. The summed E-state index contributed by atoms with van der Waals surface area (Å²) in [4.78, 5) is 10.5. The number of ether oxygens (including phenoxy) is 1. The first-order valence-corrected chi connectivity index (χ1v) is 9.38. The van der Waals surface area contributed by atoms with Gasteiger partial charge in [-0.3, -0.25) is 0 Å². The quantitative estimate of drug-likeness (QED) is 0.517. The molecule has 126 valence electrons. The van der Waals surface area contributed by atoms with Crippen LogP contribution in [0, 0.1) is 0 Å². The summed E-state index contributed by atoms with van der Waals surface area (Å²) >= 11 is 14.0. The normalized spacial score (nSPS) is 12.9. The van der Waals surface area contributed by atoms with Gasteiger partial charge in [-0.05, 0) is 42.7 Å². The predicted octanol–water partition coefficient (Wildman–Crippen LogP) is 5.97. The molecule has 3 nitrogen and oxygen atoms in total. The number of aromatic nitrogens is 1. The minimum absolute atomic E-state index is 0.577. The van der Waals surface area contributed by atoms with Gasteiger partial charge < -0.3 is 4.74 Å². The minimum atomic E-state index is 0.577. The summed E-state index contributed by atoms with van der Waals surface area (Å²) in [6.45, 7) is 0. The number of benzene rings is 2. The maximum Gasteiger partial charge on any atom is 0.209 e. The maximum atomic E-state index is 6.19. The van der Waals surface area contributed by atoms with Crippen LogP contribution in [0.15, 0.2) is 41.4 Å². The van der Waals surface area contributed by atoms with Crippen molar-refractivity contribution < 1.29 is 4.74 Å². The van der Waals surface area contributed by atoms with E-state index in [1.165, 1.54) is 10.4 Å². The number of hydrogen-bond acceptors (Lipinski definition) is 4. The molecule has 0 N–H and O–H groups in total. The number of aliphatic imine (C=N–C) groups is 1. The van der Waals surface area contributed by atoms with Crippen LogP contribution < -0.4 is 4.74 Å². The van der Waals surface area contributed by atoms with Crippen molar-refractivity contribution in [2.45, 2.75) is 12.8 Å². The first kappa shape index (κ1) is 16.6. The highest BCUT2D eigenvalue weighted by Gasteiger charge is 2.21. The van der Waals surface area contributed by atoms with Gasteiger partial charge in [0.05, 0.1) is 22.8 Å². The number of methoxy groups -OCH3 is 1. The zero-order valence-electron chi connectivity index (χ0n) is 13.4. The molecular formula is C19H14Cl2N2OS. The van der Waals surface area contributed by atoms with Crippen molar-refractivity contribution in [1.82, 2.24) is 4.98 Å². The predicted molar refractivity (Wildman–Crippen MR) is 105 cm³/mol. The van der Waals surface area contributed by atoms with E-state index in [-0.39, 0.29) is 0 Å². The van der Waals surface area contributed by atoms with Crippen LogP contribution in [-0.4, -0.2) is 18.3 Å². The van der Waals surface area contributed by atoms with Crippen LogP contribution in [0.5, 0.6) is 5.75 Å². The Kier molecular flexibility index (Phi) is 4.50. The largest absolute Gasteiger partial charge is 0.497 e. The van der Waals surface area contributed by atoms with Crippen molar-refractivity contribution in [1.29, 1.82) is 0 Å². The van der Waals surface area contributed by atoms with E-state index in [4.69, 9.17) is 32.9 Å². The van der Waals surface area contributed by atoms with E-state index < -0.39 is 0 Å². The molecule has 6 heteroatoms. The lowest BCUT2D eigenvalue weighted by molar-refractivity contribution is 0.415. The number of halogens is 2. The fourth-order valence-electron chi connectivity index (χ4n) is 2.90. The first-order chi connectivity index (χ1) is 12.2. The van der Waals surface area contributed by atoms with E-state index in [1.807, 2.05) is 18.2 Å². The third kappa shape index (κ3) is 3.17. The molecule has 0 atom stereocenters. The van der Waals surface area contributed by atoms with Crippen LogP contribution >= 0.6 is 34.5 Å². The monoisotopic (exact) mass is 388 g/mol. The molecule has 0 radical (unpaired) electrons. The van der Waals surface area contributed by atoms with E-state index in [0.29, 0.717) is 20.7 Å².